The number of carbonyl (C=O) groups excluding carboxylic acids is 1. The van der Waals surface area contributed by atoms with Gasteiger partial charge in [-0.05, 0) is 60.1 Å². The van der Waals surface area contributed by atoms with E-state index in [1.54, 1.807) is 6.07 Å². The van der Waals surface area contributed by atoms with Crippen molar-refractivity contribution in [2.45, 2.75) is 65.9 Å². The summed E-state index contributed by atoms with van der Waals surface area (Å²) in [5, 5.41) is 20.1. The highest BCUT2D eigenvalue weighted by Crippen LogP contribution is 2.41. The second kappa shape index (κ2) is 11.0. The number of fused-ring (bicyclic) bond motifs is 1. The number of furan rings is 1. The van der Waals surface area contributed by atoms with E-state index in [0.717, 1.165) is 45.6 Å². The van der Waals surface area contributed by atoms with Crippen LogP contribution in [0.3, 0.4) is 0 Å². The number of aliphatic hydroxyl groups excluding tert-OH is 1. The molecule has 0 bridgehead atoms. The van der Waals surface area contributed by atoms with Crippen molar-refractivity contribution in [2.24, 2.45) is 5.41 Å². The van der Waals surface area contributed by atoms with Gasteiger partial charge in [-0.1, -0.05) is 58.9 Å². The molecule has 1 amide bonds. The van der Waals surface area contributed by atoms with Crippen LogP contribution in [-0.2, 0) is 10.2 Å². The molecule has 7 heteroatoms. The number of carboxylic acid groups (broad SMARTS) is 1. The number of aryl methyl sites for hydroxylation is 1. The van der Waals surface area contributed by atoms with E-state index in [4.69, 9.17) is 14.3 Å². The number of nitrogens with zero attached hydrogens (tertiary/aromatic N) is 1. The molecule has 2 N–H and O–H groups in total. The van der Waals surface area contributed by atoms with E-state index in [9.17, 15) is 14.7 Å². The Kier molecular flexibility index (Phi) is 8.38. The van der Waals surface area contributed by atoms with Gasteiger partial charge in [0.2, 0.25) is 0 Å². The molecule has 0 fully saturated rings. The summed E-state index contributed by atoms with van der Waals surface area (Å²) in [4.78, 5) is 24.7. The third-order valence-corrected chi connectivity index (χ3v) is 7.33. The van der Waals surface area contributed by atoms with Crippen LogP contribution >= 0.6 is 0 Å². The summed E-state index contributed by atoms with van der Waals surface area (Å²) in [6, 6.07) is 13.9. The molecule has 0 aliphatic carbocycles. The molecule has 1 unspecified atom stereocenters. The van der Waals surface area contributed by atoms with Gasteiger partial charge >= 0.3 is 5.97 Å². The molecule has 3 rings (SSSR count). The van der Waals surface area contributed by atoms with E-state index in [2.05, 4.69) is 32.0 Å². The van der Waals surface area contributed by atoms with Crippen LogP contribution in [0.1, 0.15) is 74.7 Å². The Balaban J connectivity index is 1.93. The summed E-state index contributed by atoms with van der Waals surface area (Å²) in [7, 11) is 1.44. The summed E-state index contributed by atoms with van der Waals surface area (Å²) in [5.41, 5.74) is 3.28. The lowest BCUT2D eigenvalue weighted by atomic mass is 9.70. The average Bonchev–Trinajstić information content (AvgIpc) is 3.26. The minimum absolute atomic E-state index is 0.115. The van der Waals surface area contributed by atoms with Crippen molar-refractivity contribution in [1.82, 2.24) is 4.90 Å². The molecule has 1 aromatic heterocycles. The van der Waals surface area contributed by atoms with Gasteiger partial charge in [0.15, 0.2) is 5.76 Å². The summed E-state index contributed by atoms with van der Waals surface area (Å²) in [5.74, 6) is -0.685. The monoisotopic (exact) mass is 509 g/mol. The number of hydrogen-bond acceptors (Lipinski definition) is 5. The summed E-state index contributed by atoms with van der Waals surface area (Å²) < 4.78 is 11.8. The van der Waals surface area contributed by atoms with Crippen LogP contribution < -0.4 is 4.74 Å². The number of ether oxygens (including phenoxy) is 1. The molecule has 0 saturated heterocycles. The largest absolute Gasteiger partial charge is 0.491 e. The molecule has 0 radical (unpaired) electrons. The Morgan fingerprint density at radius 3 is 2.22 bits per heavy atom. The van der Waals surface area contributed by atoms with E-state index in [0.29, 0.717) is 5.58 Å². The van der Waals surface area contributed by atoms with Crippen LogP contribution in [0.2, 0.25) is 0 Å². The highest BCUT2D eigenvalue weighted by molar-refractivity contribution is 5.97. The lowest BCUT2D eigenvalue weighted by Crippen LogP contribution is -2.32. The van der Waals surface area contributed by atoms with Crippen LogP contribution in [0.25, 0.3) is 11.0 Å². The van der Waals surface area contributed by atoms with Gasteiger partial charge < -0.3 is 24.3 Å². The number of carbonyl (C=O) groups is 2. The van der Waals surface area contributed by atoms with Crippen molar-refractivity contribution >= 4 is 22.8 Å². The third-order valence-electron chi connectivity index (χ3n) is 7.33. The molecule has 3 aromatic rings. The molecule has 0 saturated carbocycles. The summed E-state index contributed by atoms with van der Waals surface area (Å²) in [6.45, 7) is 12.1. The number of likely N-dealkylation sites (N-methyl/N-ethyl adjacent to an activating group) is 1. The first kappa shape index (κ1) is 28.3. The predicted molar refractivity (Wildman–Crippen MR) is 144 cm³/mol. The second-order valence-electron chi connectivity index (χ2n) is 10.9. The molecular weight excluding hydrogens is 470 g/mol. The van der Waals surface area contributed by atoms with Crippen LogP contribution in [0.5, 0.6) is 5.75 Å². The van der Waals surface area contributed by atoms with Crippen molar-refractivity contribution in [3.8, 4) is 5.75 Å². The zero-order valence-corrected chi connectivity index (χ0v) is 22.9. The number of carboxylic acids is 1. The van der Waals surface area contributed by atoms with E-state index in [1.807, 2.05) is 45.9 Å². The van der Waals surface area contributed by atoms with E-state index >= 15 is 0 Å². The number of aliphatic carboxylic acids is 1. The summed E-state index contributed by atoms with van der Waals surface area (Å²) >= 11 is 0. The molecule has 0 spiro atoms. The first-order valence-corrected chi connectivity index (χ1v) is 12.8. The Morgan fingerprint density at radius 2 is 1.65 bits per heavy atom. The molecule has 1 atom stereocenters. The number of benzene rings is 2. The zero-order valence-electron chi connectivity index (χ0n) is 22.9. The number of aliphatic hydroxyl groups is 1. The number of rotatable bonds is 10. The van der Waals surface area contributed by atoms with E-state index in [1.165, 1.54) is 7.05 Å². The molecule has 7 nitrogen and oxygen atoms in total. The van der Waals surface area contributed by atoms with Gasteiger partial charge in [-0.2, -0.15) is 0 Å². The first-order chi connectivity index (χ1) is 17.3. The highest BCUT2D eigenvalue weighted by atomic mass is 16.5. The van der Waals surface area contributed by atoms with E-state index in [-0.39, 0.29) is 23.2 Å². The number of amides is 1. The van der Waals surface area contributed by atoms with Crippen molar-refractivity contribution in [3.63, 3.8) is 0 Å². The molecule has 2 aromatic carbocycles. The Hall–Kier alpha value is -3.32. The normalized spacial score (nSPS) is 13.0. The minimum atomic E-state index is -1.08. The third kappa shape index (κ3) is 5.99. The van der Waals surface area contributed by atoms with Gasteiger partial charge in [0.1, 0.15) is 24.5 Å². The van der Waals surface area contributed by atoms with Crippen LogP contribution in [0.15, 0.2) is 46.9 Å². The van der Waals surface area contributed by atoms with Crippen LogP contribution in [0, 0.1) is 12.3 Å². The van der Waals surface area contributed by atoms with Gasteiger partial charge in [0, 0.05) is 17.8 Å². The van der Waals surface area contributed by atoms with Crippen LogP contribution in [-0.4, -0.2) is 53.3 Å². The standard InChI is InChI=1S/C30H39NO6/c1-8-30(9-2,21-12-13-23(19(3)14-21)36-18-26(32)29(4,5)6)22-11-10-20-15-25(37-24(20)16-22)28(35)31(7)17-27(33)34/h10-16,26,32H,8-9,17-18H2,1-7H3,(H,33,34). The topological polar surface area (TPSA) is 100 Å². The van der Waals surface area contributed by atoms with Crippen molar-refractivity contribution in [3.05, 3.63) is 64.9 Å². The second-order valence-corrected chi connectivity index (χ2v) is 10.9. The Morgan fingerprint density at radius 1 is 1.03 bits per heavy atom. The maximum absolute atomic E-state index is 12.6. The Labute approximate surface area is 219 Å². The SMILES string of the molecule is CCC(CC)(c1ccc(OCC(O)C(C)(C)C)c(C)c1)c1ccc2cc(C(=O)N(C)CC(=O)O)oc2c1. The molecule has 1 heterocycles. The fraction of sp³-hybridized carbons (Fsp3) is 0.467. The summed E-state index contributed by atoms with van der Waals surface area (Å²) in [6.07, 6.45) is 1.13. The van der Waals surface area contributed by atoms with Gasteiger partial charge in [-0.15, -0.1) is 0 Å². The fourth-order valence-corrected chi connectivity index (χ4v) is 4.66. The smallest absolute Gasteiger partial charge is 0.323 e. The maximum atomic E-state index is 12.6. The van der Waals surface area contributed by atoms with Gasteiger partial charge in [-0.25, -0.2) is 0 Å². The molecular formula is C30H39NO6. The van der Waals surface area contributed by atoms with E-state index < -0.39 is 24.5 Å². The van der Waals surface area contributed by atoms with Crippen molar-refractivity contribution < 1.29 is 29.0 Å². The lowest BCUT2D eigenvalue weighted by molar-refractivity contribution is -0.137. The van der Waals surface area contributed by atoms with Crippen molar-refractivity contribution in [2.75, 3.05) is 20.2 Å². The fourth-order valence-electron chi connectivity index (χ4n) is 4.66. The van der Waals surface area contributed by atoms with Crippen molar-refractivity contribution in [1.29, 1.82) is 0 Å². The predicted octanol–water partition coefficient (Wildman–Crippen LogP) is 5.79. The first-order valence-electron chi connectivity index (χ1n) is 12.8. The molecule has 0 aliphatic heterocycles. The average molecular weight is 510 g/mol. The Bertz CT molecular complexity index is 1260. The number of hydrogen-bond donors (Lipinski definition) is 2. The minimum Gasteiger partial charge on any atom is -0.491 e. The zero-order chi connectivity index (χ0) is 27.5. The highest BCUT2D eigenvalue weighted by Gasteiger charge is 2.32. The maximum Gasteiger partial charge on any atom is 0.323 e. The van der Waals surface area contributed by atoms with Gasteiger partial charge in [-0.3, -0.25) is 9.59 Å². The van der Waals surface area contributed by atoms with Gasteiger partial charge in [0.25, 0.3) is 5.91 Å². The molecule has 200 valence electrons. The van der Waals surface area contributed by atoms with Crippen LogP contribution in [0.4, 0.5) is 0 Å². The van der Waals surface area contributed by atoms with Gasteiger partial charge in [0.05, 0.1) is 6.10 Å². The molecule has 37 heavy (non-hydrogen) atoms. The lowest BCUT2D eigenvalue weighted by Gasteiger charge is -2.34. The quantitative estimate of drug-likeness (QED) is 0.359. The molecule has 0 aliphatic rings.